The number of sulfonamides is 2. The molecule has 0 unspecified atom stereocenters. The molecule has 2 aromatic rings. The molecule has 0 aliphatic rings. The normalized spacial score (nSPS) is 13.1. The van der Waals surface area contributed by atoms with Crippen LogP contribution in [-0.4, -0.2) is 53.8 Å². The van der Waals surface area contributed by atoms with Crippen LogP contribution in [0.5, 0.6) is 5.75 Å². The number of anilines is 1. The number of nitrogens with one attached hydrogen (secondary N) is 2. The highest BCUT2D eigenvalue weighted by molar-refractivity contribution is 7.89. The van der Waals surface area contributed by atoms with Crippen molar-refractivity contribution in [2.75, 3.05) is 26.0 Å². The minimum atomic E-state index is -3.96. The average Bonchev–Trinajstić information content (AvgIpc) is 2.69. The van der Waals surface area contributed by atoms with Gasteiger partial charge in [-0.25, -0.2) is 21.1 Å². The number of amides is 1. The number of hydrogen-bond donors (Lipinski definition) is 2. The molecule has 1 atom stereocenters. The molecule has 0 bridgehead atoms. The Morgan fingerprint density at radius 1 is 1.10 bits per heavy atom. The summed E-state index contributed by atoms with van der Waals surface area (Å²) < 4.78 is 58.8. The van der Waals surface area contributed by atoms with Crippen molar-refractivity contribution >= 4 is 43.2 Å². The fourth-order valence-corrected chi connectivity index (χ4v) is 4.86. The number of hydrogen-bond acceptors (Lipinski definition) is 6. The maximum absolute atomic E-state index is 12.6. The fourth-order valence-electron chi connectivity index (χ4n) is 2.48. The minimum absolute atomic E-state index is 0.0445. The predicted octanol–water partition coefficient (Wildman–Crippen LogP) is 2.29. The van der Waals surface area contributed by atoms with Crippen molar-refractivity contribution in [1.29, 1.82) is 0 Å². The first-order valence-corrected chi connectivity index (χ1v) is 12.5. The first-order valence-electron chi connectivity index (χ1n) is 9.16. The summed E-state index contributed by atoms with van der Waals surface area (Å²) in [5.41, 5.74) is 0.173. The highest BCUT2D eigenvalue weighted by Gasteiger charge is 2.25. The molecule has 0 aliphatic heterocycles. The van der Waals surface area contributed by atoms with Crippen LogP contribution in [0.4, 0.5) is 5.69 Å². The lowest BCUT2D eigenvalue weighted by atomic mass is 10.2. The van der Waals surface area contributed by atoms with E-state index < -0.39 is 32.0 Å². The lowest BCUT2D eigenvalue weighted by Gasteiger charge is -2.18. The van der Waals surface area contributed by atoms with Gasteiger partial charge in [-0.2, -0.15) is 4.72 Å². The number of rotatable bonds is 9. The van der Waals surface area contributed by atoms with Crippen LogP contribution in [-0.2, 0) is 24.8 Å². The summed E-state index contributed by atoms with van der Waals surface area (Å²) in [7, 11) is -5.05. The van der Waals surface area contributed by atoms with Gasteiger partial charge in [-0.1, -0.05) is 11.6 Å². The number of halogens is 1. The molecule has 0 radical (unpaired) electrons. The molecule has 0 saturated carbocycles. The second-order valence-corrected chi connectivity index (χ2v) is 10.9. The standard InChI is InChI=1S/C19H24ClN3O6S2/c1-5-29-17-11-8-15(12-18(17)31(27,28)23(3)4)21-19(24)13(2)22-30(25,26)16-9-6-14(20)7-10-16/h6-13,22H,5H2,1-4H3,(H,21,24)/t13-/m0/s1. The Morgan fingerprint density at radius 3 is 2.26 bits per heavy atom. The molecule has 0 fully saturated rings. The van der Waals surface area contributed by atoms with Crippen LogP contribution in [0.3, 0.4) is 0 Å². The van der Waals surface area contributed by atoms with E-state index in [4.69, 9.17) is 16.3 Å². The topological polar surface area (TPSA) is 122 Å². The molecular formula is C19H24ClN3O6S2. The van der Waals surface area contributed by atoms with Gasteiger partial charge in [-0.05, 0) is 56.3 Å². The van der Waals surface area contributed by atoms with E-state index in [1.807, 2.05) is 0 Å². The Kier molecular flexibility index (Phi) is 8.06. The zero-order valence-electron chi connectivity index (χ0n) is 17.4. The van der Waals surface area contributed by atoms with E-state index in [1.54, 1.807) is 6.92 Å². The van der Waals surface area contributed by atoms with E-state index in [1.165, 1.54) is 63.5 Å². The maximum Gasteiger partial charge on any atom is 0.246 e. The van der Waals surface area contributed by atoms with Gasteiger partial charge in [0.2, 0.25) is 26.0 Å². The van der Waals surface area contributed by atoms with Crippen molar-refractivity contribution in [2.45, 2.75) is 29.7 Å². The van der Waals surface area contributed by atoms with Gasteiger partial charge in [0.15, 0.2) is 0 Å². The van der Waals surface area contributed by atoms with Crippen LogP contribution in [0.2, 0.25) is 5.02 Å². The maximum atomic E-state index is 12.6. The molecule has 0 heterocycles. The molecular weight excluding hydrogens is 466 g/mol. The predicted molar refractivity (Wildman–Crippen MR) is 118 cm³/mol. The van der Waals surface area contributed by atoms with Crippen LogP contribution in [0, 0.1) is 0 Å². The zero-order chi connectivity index (χ0) is 23.4. The number of nitrogens with zero attached hydrogens (tertiary/aromatic N) is 1. The Morgan fingerprint density at radius 2 is 1.71 bits per heavy atom. The summed E-state index contributed by atoms with van der Waals surface area (Å²) in [6, 6.07) is 8.51. The lowest BCUT2D eigenvalue weighted by molar-refractivity contribution is -0.117. The molecule has 9 nitrogen and oxygen atoms in total. The molecule has 0 aromatic heterocycles. The van der Waals surface area contributed by atoms with E-state index in [9.17, 15) is 21.6 Å². The summed E-state index contributed by atoms with van der Waals surface area (Å²) >= 11 is 5.77. The Labute approximate surface area is 187 Å². The minimum Gasteiger partial charge on any atom is -0.492 e. The quantitative estimate of drug-likeness (QED) is 0.557. The molecule has 31 heavy (non-hydrogen) atoms. The van der Waals surface area contributed by atoms with E-state index in [-0.39, 0.29) is 27.8 Å². The summed E-state index contributed by atoms with van der Waals surface area (Å²) in [5.74, 6) is -0.527. The number of benzene rings is 2. The van der Waals surface area contributed by atoms with Crippen LogP contribution in [0.25, 0.3) is 0 Å². The van der Waals surface area contributed by atoms with Crippen molar-refractivity contribution in [3.63, 3.8) is 0 Å². The van der Waals surface area contributed by atoms with Gasteiger partial charge in [0.25, 0.3) is 0 Å². The average molecular weight is 490 g/mol. The van der Waals surface area contributed by atoms with E-state index in [2.05, 4.69) is 10.0 Å². The first-order chi connectivity index (χ1) is 14.4. The Bertz CT molecular complexity index is 1150. The van der Waals surface area contributed by atoms with Crippen molar-refractivity contribution in [3.8, 4) is 5.75 Å². The summed E-state index contributed by atoms with van der Waals surface area (Å²) in [5, 5.41) is 2.90. The first kappa shape index (κ1) is 25.1. The number of ether oxygens (including phenoxy) is 1. The lowest BCUT2D eigenvalue weighted by Crippen LogP contribution is -2.41. The smallest absolute Gasteiger partial charge is 0.246 e. The molecule has 12 heteroatoms. The Hall–Kier alpha value is -2.18. The molecule has 2 rings (SSSR count). The molecule has 0 spiro atoms. The monoisotopic (exact) mass is 489 g/mol. The highest BCUT2D eigenvalue weighted by Crippen LogP contribution is 2.29. The van der Waals surface area contributed by atoms with Crippen molar-refractivity contribution in [3.05, 3.63) is 47.5 Å². The molecule has 0 aliphatic carbocycles. The molecule has 170 valence electrons. The third-order valence-electron chi connectivity index (χ3n) is 4.12. The van der Waals surface area contributed by atoms with Gasteiger partial charge in [0.1, 0.15) is 10.6 Å². The largest absolute Gasteiger partial charge is 0.492 e. The third kappa shape index (κ3) is 6.17. The van der Waals surface area contributed by atoms with E-state index in [0.29, 0.717) is 5.02 Å². The van der Waals surface area contributed by atoms with Crippen LogP contribution >= 0.6 is 11.6 Å². The molecule has 1 amide bonds. The second kappa shape index (κ2) is 9.96. The van der Waals surface area contributed by atoms with Crippen molar-refractivity contribution in [1.82, 2.24) is 9.03 Å². The van der Waals surface area contributed by atoms with Gasteiger partial charge in [0.05, 0.1) is 17.5 Å². The number of carbonyl (C=O) groups excluding carboxylic acids is 1. The van der Waals surface area contributed by atoms with Gasteiger partial charge in [-0.15, -0.1) is 0 Å². The van der Waals surface area contributed by atoms with Crippen molar-refractivity contribution < 1.29 is 26.4 Å². The van der Waals surface area contributed by atoms with Crippen molar-refractivity contribution in [2.24, 2.45) is 0 Å². The zero-order valence-corrected chi connectivity index (χ0v) is 19.8. The summed E-state index contributed by atoms with van der Waals surface area (Å²) in [4.78, 5) is 12.4. The summed E-state index contributed by atoms with van der Waals surface area (Å²) in [6.45, 7) is 3.34. The molecule has 0 saturated heterocycles. The summed E-state index contributed by atoms with van der Waals surface area (Å²) in [6.07, 6.45) is 0. The number of carbonyl (C=O) groups is 1. The van der Waals surface area contributed by atoms with Gasteiger partial charge in [-0.3, -0.25) is 4.79 Å². The highest BCUT2D eigenvalue weighted by atomic mass is 35.5. The molecule has 2 aromatic carbocycles. The van der Waals surface area contributed by atoms with Crippen LogP contribution in [0.15, 0.2) is 52.3 Å². The van der Waals surface area contributed by atoms with Gasteiger partial charge < -0.3 is 10.1 Å². The van der Waals surface area contributed by atoms with E-state index >= 15 is 0 Å². The van der Waals surface area contributed by atoms with Gasteiger partial charge in [0, 0.05) is 24.8 Å². The van der Waals surface area contributed by atoms with Crippen LogP contribution in [0.1, 0.15) is 13.8 Å². The van der Waals surface area contributed by atoms with Gasteiger partial charge >= 0.3 is 0 Å². The van der Waals surface area contributed by atoms with E-state index in [0.717, 1.165) is 4.31 Å². The molecule has 2 N–H and O–H groups in total. The Balaban J connectivity index is 2.23. The third-order valence-corrected chi connectivity index (χ3v) is 7.76. The van der Waals surface area contributed by atoms with Crippen LogP contribution < -0.4 is 14.8 Å². The fraction of sp³-hybridized carbons (Fsp3) is 0.316. The second-order valence-electron chi connectivity index (χ2n) is 6.67. The SMILES string of the molecule is CCOc1ccc(NC(=O)[C@H](C)NS(=O)(=O)c2ccc(Cl)cc2)cc1S(=O)(=O)N(C)C.